The Hall–Kier alpha value is -1.58. The van der Waals surface area contributed by atoms with Crippen LogP contribution in [-0.2, 0) is 6.42 Å². The summed E-state index contributed by atoms with van der Waals surface area (Å²) in [5.74, 6) is -0.143. The summed E-state index contributed by atoms with van der Waals surface area (Å²) in [6.45, 7) is 0. The number of hydrogen-bond acceptors (Lipinski definition) is 2. The average molecular weight is 313 g/mol. The van der Waals surface area contributed by atoms with Crippen molar-refractivity contribution in [1.82, 2.24) is 0 Å². The van der Waals surface area contributed by atoms with Gasteiger partial charge in [0, 0.05) is 17.0 Å². The molecule has 104 valence electrons. The van der Waals surface area contributed by atoms with Crippen molar-refractivity contribution in [2.75, 3.05) is 7.11 Å². The fourth-order valence-corrected chi connectivity index (χ4v) is 2.20. The molecule has 0 atom stereocenters. The molecule has 0 aliphatic rings. The second-order valence-electron chi connectivity index (χ2n) is 4.19. The fourth-order valence-electron chi connectivity index (χ4n) is 1.77. The lowest BCUT2D eigenvalue weighted by molar-refractivity contribution is 0.0992. The standard InChI is InChI=1S/C15H11Cl2FO2/c1-20-15-7-10(3-5-12(15)16)14(19)6-9-2-4-11(18)8-13(9)17/h2-5,7-8H,6H2,1H3. The van der Waals surface area contributed by atoms with Crippen LogP contribution in [0.3, 0.4) is 0 Å². The second kappa shape index (κ2) is 6.25. The number of carbonyl (C=O) groups is 1. The van der Waals surface area contributed by atoms with E-state index >= 15 is 0 Å². The molecule has 0 aromatic heterocycles. The zero-order chi connectivity index (χ0) is 14.7. The molecule has 0 unspecified atom stereocenters. The third-order valence-electron chi connectivity index (χ3n) is 2.84. The minimum Gasteiger partial charge on any atom is -0.495 e. The molecular formula is C15H11Cl2FO2. The summed E-state index contributed by atoms with van der Waals surface area (Å²) >= 11 is 11.8. The lowest BCUT2D eigenvalue weighted by Crippen LogP contribution is -2.04. The molecule has 2 aromatic carbocycles. The van der Waals surface area contributed by atoms with Crippen molar-refractivity contribution < 1.29 is 13.9 Å². The Balaban J connectivity index is 2.24. The van der Waals surface area contributed by atoms with E-state index in [1.165, 1.54) is 25.3 Å². The Morgan fingerprint density at radius 3 is 2.55 bits per heavy atom. The Labute approximate surface area is 126 Å². The van der Waals surface area contributed by atoms with Crippen molar-refractivity contribution in [3.05, 3.63) is 63.4 Å². The zero-order valence-corrected chi connectivity index (χ0v) is 12.1. The van der Waals surface area contributed by atoms with Gasteiger partial charge in [-0.1, -0.05) is 29.3 Å². The minimum absolute atomic E-state index is 0.0872. The van der Waals surface area contributed by atoms with Gasteiger partial charge in [-0.15, -0.1) is 0 Å². The van der Waals surface area contributed by atoms with Gasteiger partial charge in [0.1, 0.15) is 11.6 Å². The average Bonchev–Trinajstić information content (AvgIpc) is 2.42. The molecule has 0 bridgehead atoms. The summed E-state index contributed by atoms with van der Waals surface area (Å²) in [5, 5.41) is 0.670. The Morgan fingerprint density at radius 1 is 1.15 bits per heavy atom. The van der Waals surface area contributed by atoms with Gasteiger partial charge in [-0.25, -0.2) is 4.39 Å². The largest absolute Gasteiger partial charge is 0.495 e. The zero-order valence-electron chi connectivity index (χ0n) is 10.6. The number of ether oxygens (including phenoxy) is 1. The second-order valence-corrected chi connectivity index (χ2v) is 5.00. The van der Waals surface area contributed by atoms with Crippen molar-refractivity contribution >= 4 is 29.0 Å². The number of methoxy groups -OCH3 is 1. The number of rotatable bonds is 4. The molecule has 0 saturated heterocycles. The molecule has 2 aromatic rings. The van der Waals surface area contributed by atoms with Crippen LogP contribution in [0.5, 0.6) is 5.75 Å². The quantitative estimate of drug-likeness (QED) is 0.773. The third kappa shape index (κ3) is 3.30. The molecule has 5 heteroatoms. The first-order chi connectivity index (χ1) is 9.51. The molecule has 0 radical (unpaired) electrons. The molecule has 0 N–H and O–H groups in total. The molecule has 0 heterocycles. The van der Waals surface area contributed by atoms with Crippen LogP contribution in [-0.4, -0.2) is 12.9 Å². The topological polar surface area (TPSA) is 26.3 Å². The van der Waals surface area contributed by atoms with E-state index in [1.54, 1.807) is 18.2 Å². The lowest BCUT2D eigenvalue weighted by atomic mass is 10.0. The molecule has 0 amide bonds. The number of Topliss-reactive ketones (excluding diaryl/α,β-unsaturated/α-hetero) is 1. The van der Waals surface area contributed by atoms with Gasteiger partial charge in [0.15, 0.2) is 5.78 Å². The lowest BCUT2D eigenvalue weighted by Gasteiger charge is -2.07. The molecule has 0 aliphatic heterocycles. The summed E-state index contributed by atoms with van der Waals surface area (Å²) in [7, 11) is 1.48. The number of hydrogen-bond donors (Lipinski definition) is 0. The normalized spacial score (nSPS) is 10.4. The monoisotopic (exact) mass is 312 g/mol. The van der Waals surface area contributed by atoms with Crippen LogP contribution in [0.2, 0.25) is 10.0 Å². The van der Waals surface area contributed by atoms with E-state index in [9.17, 15) is 9.18 Å². The first kappa shape index (κ1) is 14.8. The van der Waals surface area contributed by atoms with E-state index in [1.807, 2.05) is 0 Å². The highest BCUT2D eigenvalue weighted by molar-refractivity contribution is 6.32. The van der Waals surface area contributed by atoms with Crippen molar-refractivity contribution in [3.63, 3.8) is 0 Å². The van der Waals surface area contributed by atoms with Crippen molar-refractivity contribution in [3.8, 4) is 5.75 Å². The van der Waals surface area contributed by atoms with Gasteiger partial charge < -0.3 is 4.74 Å². The Morgan fingerprint density at radius 2 is 1.90 bits per heavy atom. The molecule has 20 heavy (non-hydrogen) atoms. The highest BCUT2D eigenvalue weighted by Crippen LogP contribution is 2.26. The molecule has 0 saturated carbocycles. The number of halogens is 3. The van der Waals surface area contributed by atoms with Crippen LogP contribution in [0, 0.1) is 5.82 Å². The molecular weight excluding hydrogens is 302 g/mol. The van der Waals surface area contributed by atoms with Crippen LogP contribution < -0.4 is 4.74 Å². The predicted molar refractivity (Wildman–Crippen MR) is 77.4 cm³/mol. The molecule has 2 nitrogen and oxygen atoms in total. The van der Waals surface area contributed by atoms with Gasteiger partial charge in [-0.2, -0.15) is 0 Å². The Bertz CT molecular complexity index is 656. The van der Waals surface area contributed by atoms with Crippen molar-refractivity contribution in [2.24, 2.45) is 0 Å². The number of carbonyl (C=O) groups excluding carboxylic acids is 1. The van der Waals surface area contributed by atoms with Crippen LogP contribution in [0.25, 0.3) is 0 Å². The van der Waals surface area contributed by atoms with Crippen molar-refractivity contribution in [1.29, 1.82) is 0 Å². The summed E-state index contributed by atoms with van der Waals surface area (Å²) < 4.78 is 18.0. The molecule has 0 fully saturated rings. The van der Waals surface area contributed by atoms with Gasteiger partial charge in [-0.3, -0.25) is 4.79 Å². The van der Waals surface area contributed by atoms with Crippen molar-refractivity contribution in [2.45, 2.75) is 6.42 Å². The van der Waals surface area contributed by atoms with E-state index in [-0.39, 0.29) is 17.2 Å². The summed E-state index contributed by atoms with van der Waals surface area (Å²) in [5.41, 5.74) is 1.04. The van der Waals surface area contributed by atoms with E-state index in [2.05, 4.69) is 0 Å². The predicted octanol–water partition coefficient (Wildman–Crippen LogP) is 4.57. The fraction of sp³-hybridized carbons (Fsp3) is 0.133. The number of ketones is 1. The third-order valence-corrected chi connectivity index (χ3v) is 3.50. The van der Waals surface area contributed by atoms with Gasteiger partial charge >= 0.3 is 0 Å². The first-order valence-corrected chi connectivity index (χ1v) is 6.57. The first-order valence-electron chi connectivity index (χ1n) is 5.82. The van der Waals surface area contributed by atoms with Gasteiger partial charge in [0.05, 0.1) is 12.1 Å². The van der Waals surface area contributed by atoms with E-state index < -0.39 is 5.82 Å². The SMILES string of the molecule is COc1cc(C(=O)Cc2ccc(F)cc2Cl)ccc1Cl. The smallest absolute Gasteiger partial charge is 0.167 e. The number of benzene rings is 2. The Kier molecular flexibility index (Phi) is 4.63. The van der Waals surface area contributed by atoms with Crippen LogP contribution in [0.4, 0.5) is 4.39 Å². The maximum Gasteiger partial charge on any atom is 0.167 e. The van der Waals surface area contributed by atoms with E-state index in [4.69, 9.17) is 27.9 Å². The highest BCUT2D eigenvalue weighted by atomic mass is 35.5. The maximum absolute atomic E-state index is 13.0. The summed E-state index contributed by atoms with van der Waals surface area (Å²) in [6, 6.07) is 8.75. The summed E-state index contributed by atoms with van der Waals surface area (Å²) in [6.07, 6.45) is 0.0872. The maximum atomic E-state index is 13.0. The highest BCUT2D eigenvalue weighted by Gasteiger charge is 2.12. The van der Waals surface area contributed by atoms with E-state index in [0.717, 1.165) is 0 Å². The summed E-state index contributed by atoms with van der Waals surface area (Å²) in [4.78, 5) is 12.2. The minimum atomic E-state index is -0.431. The van der Waals surface area contributed by atoms with Gasteiger partial charge in [0.2, 0.25) is 0 Å². The van der Waals surface area contributed by atoms with Gasteiger partial charge in [0.25, 0.3) is 0 Å². The molecule has 2 rings (SSSR count). The molecule has 0 spiro atoms. The van der Waals surface area contributed by atoms with Crippen LogP contribution >= 0.6 is 23.2 Å². The van der Waals surface area contributed by atoms with Crippen LogP contribution in [0.1, 0.15) is 15.9 Å². The van der Waals surface area contributed by atoms with Crippen LogP contribution in [0.15, 0.2) is 36.4 Å². The van der Waals surface area contributed by atoms with E-state index in [0.29, 0.717) is 21.9 Å². The van der Waals surface area contributed by atoms with Gasteiger partial charge in [-0.05, 0) is 35.9 Å². The molecule has 0 aliphatic carbocycles.